The quantitative estimate of drug-likeness (QED) is 0.650. The van der Waals surface area contributed by atoms with E-state index in [0.29, 0.717) is 24.8 Å². The molecule has 118 valence electrons. The molecule has 0 aromatic heterocycles. The summed E-state index contributed by atoms with van der Waals surface area (Å²) in [5, 5.41) is 11.6. The van der Waals surface area contributed by atoms with E-state index < -0.39 is 5.97 Å². The van der Waals surface area contributed by atoms with Gasteiger partial charge in [0.15, 0.2) is 0 Å². The highest BCUT2D eigenvalue weighted by atomic mass is 32.2. The van der Waals surface area contributed by atoms with Crippen molar-refractivity contribution in [2.75, 3.05) is 32.1 Å². The first-order valence-corrected chi connectivity index (χ1v) is 8.47. The molecule has 6 heteroatoms. The van der Waals surface area contributed by atoms with Gasteiger partial charge in [-0.1, -0.05) is 13.8 Å². The average Bonchev–Trinajstić information content (AvgIpc) is 2.38. The van der Waals surface area contributed by atoms with Gasteiger partial charge in [0.1, 0.15) is 0 Å². The van der Waals surface area contributed by atoms with Crippen LogP contribution in [0.15, 0.2) is 0 Å². The molecule has 0 aliphatic heterocycles. The van der Waals surface area contributed by atoms with Crippen molar-refractivity contribution in [3.8, 4) is 0 Å². The molecule has 1 unspecified atom stereocenters. The van der Waals surface area contributed by atoms with Crippen LogP contribution < -0.4 is 5.32 Å². The number of carbonyl (C=O) groups excluding carboxylic acids is 1. The first-order chi connectivity index (χ1) is 9.38. The standard InChI is InChI=1S/C14H28N2O3S/c1-11(2)12(5-6-13(17)18)7-8-15-14(19)16(3)9-10-20-4/h11-12H,5-10H2,1-4H3,(H,15,19)(H,17,18). The lowest BCUT2D eigenvalue weighted by atomic mass is 9.88. The zero-order valence-corrected chi connectivity index (χ0v) is 13.8. The van der Waals surface area contributed by atoms with Crippen molar-refractivity contribution in [2.24, 2.45) is 11.8 Å². The normalized spacial score (nSPS) is 12.2. The summed E-state index contributed by atoms with van der Waals surface area (Å²) in [6.45, 7) is 5.53. The second-order valence-corrected chi connectivity index (χ2v) is 6.36. The molecule has 0 radical (unpaired) electrons. The molecule has 0 aromatic rings. The summed E-state index contributed by atoms with van der Waals surface area (Å²) in [5.74, 6) is 0.941. The third-order valence-electron chi connectivity index (χ3n) is 3.44. The molecule has 5 nitrogen and oxygen atoms in total. The first-order valence-electron chi connectivity index (χ1n) is 7.08. The molecule has 0 aliphatic carbocycles. The largest absolute Gasteiger partial charge is 0.481 e. The van der Waals surface area contributed by atoms with Crippen LogP contribution in [0.5, 0.6) is 0 Å². The molecular weight excluding hydrogens is 276 g/mol. The summed E-state index contributed by atoms with van der Waals surface area (Å²) in [6.07, 6.45) is 3.71. The first kappa shape index (κ1) is 19.1. The lowest BCUT2D eigenvalue weighted by molar-refractivity contribution is -0.137. The number of nitrogens with zero attached hydrogens (tertiary/aromatic N) is 1. The fraction of sp³-hybridized carbons (Fsp3) is 0.857. The Bertz CT molecular complexity index is 298. The van der Waals surface area contributed by atoms with Crippen molar-refractivity contribution in [3.05, 3.63) is 0 Å². The Morgan fingerprint density at radius 1 is 1.30 bits per heavy atom. The van der Waals surface area contributed by atoms with E-state index >= 15 is 0 Å². The maximum absolute atomic E-state index is 11.8. The van der Waals surface area contributed by atoms with Gasteiger partial charge in [0.25, 0.3) is 0 Å². The summed E-state index contributed by atoms with van der Waals surface area (Å²) in [4.78, 5) is 24.1. The van der Waals surface area contributed by atoms with Gasteiger partial charge in [0, 0.05) is 32.3 Å². The third-order valence-corrected chi connectivity index (χ3v) is 4.03. The van der Waals surface area contributed by atoms with E-state index in [1.54, 1.807) is 23.7 Å². The molecule has 0 aromatic carbocycles. The van der Waals surface area contributed by atoms with E-state index in [0.717, 1.165) is 18.7 Å². The number of nitrogens with one attached hydrogen (secondary N) is 1. The van der Waals surface area contributed by atoms with Gasteiger partial charge in [0.05, 0.1) is 0 Å². The van der Waals surface area contributed by atoms with Crippen LogP contribution in [0, 0.1) is 11.8 Å². The second kappa shape index (κ2) is 10.8. The van der Waals surface area contributed by atoms with Crippen molar-refractivity contribution in [1.29, 1.82) is 0 Å². The Kier molecular flexibility index (Phi) is 10.3. The minimum absolute atomic E-state index is 0.0557. The molecule has 0 heterocycles. The summed E-state index contributed by atoms with van der Waals surface area (Å²) >= 11 is 1.71. The maximum Gasteiger partial charge on any atom is 0.317 e. The minimum atomic E-state index is -0.753. The Balaban J connectivity index is 3.98. The highest BCUT2D eigenvalue weighted by Crippen LogP contribution is 2.20. The van der Waals surface area contributed by atoms with Crippen LogP contribution in [0.25, 0.3) is 0 Å². The Labute approximate surface area is 126 Å². The van der Waals surface area contributed by atoms with Gasteiger partial charge in [0.2, 0.25) is 0 Å². The summed E-state index contributed by atoms with van der Waals surface area (Å²) in [7, 11) is 1.79. The molecule has 2 amide bonds. The number of thioether (sulfide) groups is 1. The van der Waals surface area contributed by atoms with E-state index in [-0.39, 0.29) is 12.5 Å². The summed E-state index contributed by atoms with van der Waals surface area (Å²) < 4.78 is 0. The van der Waals surface area contributed by atoms with Gasteiger partial charge in [-0.05, 0) is 30.9 Å². The Morgan fingerprint density at radius 2 is 1.95 bits per heavy atom. The lowest BCUT2D eigenvalue weighted by Gasteiger charge is -2.22. The Hall–Kier alpha value is -0.910. The molecule has 0 spiro atoms. The lowest BCUT2D eigenvalue weighted by Crippen LogP contribution is -2.39. The van der Waals surface area contributed by atoms with Gasteiger partial charge in [-0.25, -0.2) is 4.79 Å². The van der Waals surface area contributed by atoms with Crippen molar-refractivity contribution in [3.63, 3.8) is 0 Å². The van der Waals surface area contributed by atoms with Crippen LogP contribution in [-0.4, -0.2) is 54.2 Å². The summed E-state index contributed by atoms with van der Waals surface area (Å²) in [5.41, 5.74) is 0. The fourth-order valence-corrected chi connectivity index (χ4v) is 2.41. The molecular formula is C14H28N2O3S. The molecule has 0 fully saturated rings. The number of rotatable bonds is 10. The number of aliphatic carboxylic acids is 1. The molecule has 0 aliphatic rings. The van der Waals surface area contributed by atoms with Crippen LogP contribution in [0.1, 0.15) is 33.1 Å². The second-order valence-electron chi connectivity index (χ2n) is 5.37. The predicted octanol–water partition coefficient (Wildman–Crippen LogP) is 2.52. The monoisotopic (exact) mass is 304 g/mol. The maximum atomic E-state index is 11.8. The molecule has 1 atom stereocenters. The highest BCUT2D eigenvalue weighted by Gasteiger charge is 2.15. The van der Waals surface area contributed by atoms with Gasteiger partial charge in [-0.3, -0.25) is 4.79 Å². The average molecular weight is 304 g/mol. The van der Waals surface area contributed by atoms with Gasteiger partial charge >= 0.3 is 12.0 Å². The van der Waals surface area contributed by atoms with E-state index in [4.69, 9.17) is 5.11 Å². The van der Waals surface area contributed by atoms with Gasteiger partial charge in [-0.2, -0.15) is 11.8 Å². The molecule has 0 saturated heterocycles. The van der Waals surface area contributed by atoms with Crippen molar-refractivity contribution >= 4 is 23.8 Å². The van der Waals surface area contributed by atoms with Crippen LogP contribution >= 0.6 is 11.8 Å². The molecule has 2 N–H and O–H groups in total. The van der Waals surface area contributed by atoms with Gasteiger partial charge < -0.3 is 15.3 Å². The zero-order valence-electron chi connectivity index (χ0n) is 13.0. The van der Waals surface area contributed by atoms with E-state index in [1.165, 1.54) is 0 Å². The summed E-state index contributed by atoms with van der Waals surface area (Å²) in [6, 6.07) is -0.0557. The number of hydrogen-bond donors (Lipinski definition) is 2. The zero-order chi connectivity index (χ0) is 15.5. The Morgan fingerprint density at radius 3 is 2.45 bits per heavy atom. The molecule has 20 heavy (non-hydrogen) atoms. The molecule has 0 bridgehead atoms. The van der Waals surface area contributed by atoms with Crippen molar-refractivity contribution < 1.29 is 14.7 Å². The number of amides is 2. The minimum Gasteiger partial charge on any atom is -0.481 e. The SMILES string of the molecule is CSCCN(C)C(=O)NCCC(CCC(=O)O)C(C)C. The van der Waals surface area contributed by atoms with Crippen molar-refractivity contribution in [2.45, 2.75) is 33.1 Å². The number of carboxylic acids is 1. The van der Waals surface area contributed by atoms with E-state index in [9.17, 15) is 9.59 Å². The van der Waals surface area contributed by atoms with Gasteiger partial charge in [-0.15, -0.1) is 0 Å². The number of carboxylic acid groups (broad SMARTS) is 1. The van der Waals surface area contributed by atoms with Crippen LogP contribution in [-0.2, 0) is 4.79 Å². The van der Waals surface area contributed by atoms with E-state index in [1.807, 2.05) is 6.26 Å². The molecule has 0 saturated carbocycles. The number of urea groups is 1. The fourth-order valence-electron chi connectivity index (χ4n) is 1.95. The smallest absolute Gasteiger partial charge is 0.317 e. The van der Waals surface area contributed by atoms with E-state index in [2.05, 4.69) is 19.2 Å². The van der Waals surface area contributed by atoms with Crippen molar-refractivity contribution in [1.82, 2.24) is 10.2 Å². The topological polar surface area (TPSA) is 69.6 Å². The highest BCUT2D eigenvalue weighted by molar-refractivity contribution is 7.98. The third kappa shape index (κ3) is 9.07. The predicted molar refractivity (Wildman–Crippen MR) is 84.2 cm³/mol. The van der Waals surface area contributed by atoms with Crippen LogP contribution in [0.4, 0.5) is 4.79 Å². The number of hydrogen-bond acceptors (Lipinski definition) is 3. The molecule has 0 rings (SSSR count). The van der Waals surface area contributed by atoms with Crippen LogP contribution in [0.3, 0.4) is 0 Å². The van der Waals surface area contributed by atoms with Crippen LogP contribution in [0.2, 0.25) is 0 Å². The number of carbonyl (C=O) groups is 2.